The molecule has 16 heavy (non-hydrogen) atoms. The predicted octanol–water partition coefficient (Wildman–Crippen LogP) is 2.79. The first-order valence-corrected chi connectivity index (χ1v) is 5.62. The number of nitrogens with two attached hydrogens (primary N) is 1. The molecule has 0 spiro atoms. The lowest BCUT2D eigenvalue weighted by molar-refractivity contribution is 0.620. The lowest BCUT2D eigenvalue weighted by atomic mass is 10.2. The van der Waals surface area contributed by atoms with Crippen LogP contribution in [0.25, 0.3) is 5.69 Å². The Morgan fingerprint density at radius 2 is 2.25 bits per heavy atom. The van der Waals surface area contributed by atoms with E-state index in [1.807, 2.05) is 11.5 Å². The molecule has 1 aromatic carbocycles. The van der Waals surface area contributed by atoms with Crippen molar-refractivity contribution in [3.63, 3.8) is 0 Å². The SMILES string of the molecule is C[C@H](N)c1cncn1-c1ccc(F)c(Br)c1. The zero-order valence-corrected chi connectivity index (χ0v) is 10.3. The summed E-state index contributed by atoms with van der Waals surface area (Å²) in [4.78, 5) is 4.05. The molecular weight excluding hydrogens is 273 g/mol. The van der Waals surface area contributed by atoms with E-state index in [4.69, 9.17) is 5.73 Å². The second-order valence-corrected chi connectivity index (χ2v) is 4.43. The highest BCUT2D eigenvalue weighted by molar-refractivity contribution is 9.10. The molecule has 0 amide bonds. The summed E-state index contributed by atoms with van der Waals surface area (Å²) in [5.74, 6) is -0.286. The molecule has 1 aromatic heterocycles. The summed E-state index contributed by atoms with van der Waals surface area (Å²) in [7, 11) is 0. The van der Waals surface area contributed by atoms with Crippen LogP contribution in [0.5, 0.6) is 0 Å². The number of halogens is 2. The van der Waals surface area contributed by atoms with Crippen LogP contribution in [0.2, 0.25) is 0 Å². The second-order valence-electron chi connectivity index (χ2n) is 3.58. The zero-order valence-electron chi connectivity index (χ0n) is 8.69. The molecule has 3 nitrogen and oxygen atoms in total. The molecule has 0 radical (unpaired) electrons. The quantitative estimate of drug-likeness (QED) is 0.921. The number of hydrogen-bond donors (Lipinski definition) is 1. The third-order valence-corrected chi connectivity index (χ3v) is 2.92. The molecule has 2 rings (SSSR count). The van der Waals surface area contributed by atoms with Gasteiger partial charge in [-0.25, -0.2) is 9.37 Å². The Kier molecular flexibility index (Phi) is 3.07. The lowest BCUT2D eigenvalue weighted by Gasteiger charge is -2.11. The Balaban J connectivity index is 2.50. The van der Waals surface area contributed by atoms with Gasteiger partial charge in [-0.05, 0) is 41.1 Å². The van der Waals surface area contributed by atoms with E-state index in [9.17, 15) is 4.39 Å². The van der Waals surface area contributed by atoms with Crippen molar-refractivity contribution in [2.75, 3.05) is 0 Å². The van der Waals surface area contributed by atoms with Gasteiger partial charge in [0, 0.05) is 11.7 Å². The van der Waals surface area contributed by atoms with Crippen LogP contribution in [-0.2, 0) is 0 Å². The summed E-state index contributed by atoms with van der Waals surface area (Å²) in [6.07, 6.45) is 3.38. The number of aromatic nitrogens is 2. The van der Waals surface area contributed by atoms with Gasteiger partial charge < -0.3 is 10.3 Å². The van der Waals surface area contributed by atoms with Crippen molar-refractivity contribution >= 4 is 15.9 Å². The van der Waals surface area contributed by atoms with Crippen molar-refractivity contribution in [2.24, 2.45) is 5.73 Å². The monoisotopic (exact) mass is 283 g/mol. The molecule has 0 fully saturated rings. The summed E-state index contributed by atoms with van der Waals surface area (Å²) in [5, 5.41) is 0. The van der Waals surface area contributed by atoms with Crippen LogP contribution in [0.4, 0.5) is 4.39 Å². The van der Waals surface area contributed by atoms with Gasteiger partial charge in [-0.15, -0.1) is 0 Å². The van der Waals surface area contributed by atoms with E-state index in [1.54, 1.807) is 24.7 Å². The fourth-order valence-electron chi connectivity index (χ4n) is 1.49. The molecule has 0 saturated heterocycles. The number of rotatable bonds is 2. The Hall–Kier alpha value is -1.20. The normalized spacial score (nSPS) is 12.8. The van der Waals surface area contributed by atoms with Gasteiger partial charge in [-0.3, -0.25) is 0 Å². The van der Waals surface area contributed by atoms with Crippen molar-refractivity contribution < 1.29 is 4.39 Å². The molecule has 1 atom stereocenters. The maximum atomic E-state index is 13.1. The molecular formula is C11H11BrFN3. The molecule has 0 aliphatic carbocycles. The first kappa shape index (κ1) is 11.3. The minimum Gasteiger partial charge on any atom is -0.323 e. The Morgan fingerprint density at radius 1 is 1.50 bits per heavy atom. The molecule has 0 saturated carbocycles. The first-order valence-electron chi connectivity index (χ1n) is 4.83. The molecule has 2 aromatic rings. The largest absolute Gasteiger partial charge is 0.323 e. The molecule has 0 aliphatic heterocycles. The molecule has 5 heteroatoms. The van der Waals surface area contributed by atoms with Crippen molar-refractivity contribution in [1.29, 1.82) is 0 Å². The van der Waals surface area contributed by atoms with Crippen LogP contribution in [0.3, 0.4) is 0 Å². The van der Waals surface area contributed by atoms with Crippen LogP contribution in [-0.4, -0.2) is 9.55 Å². The van der Waals surface area contributed by atoms with E-state index in [-0.39, 0.29) is 11.9 Å². The maximum Gasteiger partial charge on any atom is 0.137 e. The van der Waals surface area contributed by atoms with E-state index in [0.717, 1.165) is 11.4 Å². The van der Waals surface area contributed by atoms with Crippen LogP contribution in [0.15, 0.2) is 35.2 Å². The lowest BCUT2D eigenvalue weighted by Crippen LogP contribution is -2.10. The van der Waals surface area contributed by atoms with Crippen LogP contribution in [0.1, 0.15) is 18.7 Å². The third-order valence-electron chi connectivity index (χ3n) is 2.31. The summed E-state index contributed by atoms with van der Waals surface area (Å²) in [5.41, 5.74) is 7.54. The van der Waals surface area contributed by atoms with Crippen molar-refractivity contribution in [3.05, 3.63) is 46.7 Å². The summed E-state index contributed by atoms with van der Waals surface area (Å²) in [6, 6.07) is 4.67. The zero-order chi connectivity index (χ0) is 11.7. The average molecular weight is 284 g/mol. The van der Waals surface area contributed by atoms with Crippen LogP contribution < -0.4 is 5.73 Å². The van der Waals surface area contributed by atoms with Gasteiger partial charge >= 0.3 is 0 Å². The van der Waals surface area contributed by atoms with Gasteiger partial charge in [-0.1, -0.05) is 0 Å². The van der Waals surface area contributed by atoms with Crippen LogP contribution >= 0.6 is 15.9 Å². The number of benzene rings is 1. The molecule has 0 aliphatic rings. The Morgan fingerprint density at radius 3 is 2.88 bits per heavy atom. The van der Waals surface area contributed by atoms with Crippen molar-refractivity contribution in [3.8, 4) is 5.69 Å². The van der Waals surface area contributed by atoms with Crippen molar-refractivity contribution in [1.82, 2.24) is 9.55 Å². The van der Waals surface area contributed by atoms with E-state index in [1.165, 1.54) is 6.07 Å². The Labute approximate surface area is 101 Å². The van der Waals surface area contributed by atoms with E-state index < -0.39 is 0 Å². The highest BCUT2D eigenvalue weighted by Gasteiger charge is 2.09. The van der Waals surface area contributed by atoms with Gasteiger partial charge in [0.25, 0.3) is 0 Å². The second kappa shape index (κ2) is 4.35. The van der Waals surface area contributed by atoms with Gasteiger partial charge in [0.1, 0.15) is 5.82 Å². The molecule has 0 unspecified atom stereocenters. The number of hydrogen-bond acceptors (Lipinski definition) is 2. The van der Waals surface area contributed by atoms with Crippen molar-refractivity contribution in [2.45, 2.75) is 13.0 Å². The predicted molar refractivity (Wildman–Crippen MR) is 63.8 cm³/mol. The highest BCUT2D eigenvalue weighted by atomic mass is 79.9. The number of nitrogens with zero attached hydrogens (tertiary/aromatic N) is 2. The molecule has 84 valence electrons. The molecule has 2 N–H and O–H groups in total. The summed E-state index contributed by atoms with van der Waals surface area (Å²) < 4.78 is 15.4. The molecule has 1 heterocycles. The smallest absolute Gasteiger partial charge is 0.137 e. The van der Waals surface area contributed by atoms with Gasteiger partial charge in [0.2, 0.25) is 0 Å². The number of imidazole rings is 1. The maximum absolute atomic E-state index is 13.1. The van der Waals surface area contributed by atoms with Gasteiger partial charge in [0.05, 0.1) is 22.7 Å². The fourth-order valence-corrected chi connectivity index (χ4v) is 1.86. The topological polar surface area (TPSA) is 43.8 Å². The first-order chi connectivity index (χ1) is 7.59. The third kappa shape index (κ3) is 2.01. The Bertz CT molecular complexity index is 508. The summed E-state index contributed by atoms with van der Waals surface area (Å²) in [6.45, 7) is 1.88. The highest BCUT2D eigenvalue weighted by Crippen LogP contribution is 2.22. The van der Waals surface area contributed by atoms with E-state index >= 15 is 0 Å². The minimum atomic E-state index is -0.286. The van der Waals surface area contributed by atoms with E-state index in [0.29, 0.717) is 4.47 Å². The summed E-state index contributed by atoms with van der Waals surface area (Å²) >= 11 is 3.15. The fraction of sp³-hybridized carbons (Fsp3) is 0.182. The standard InChI is InChI=1S/C11H11BrFN3/c1-7(14)11-5-15-6-16(11)8-2-3-10(13)9(12)4-8/h2-7H,14H2,1H3/t7-/m0/s1. The average Bonchev–Trinajstić information content (AvgIpc) is 2.71. The molecule has 0 bridgehead atoms. The van der Waals surface area contributed by atoms with E-state index in [2.05, 4.69) is 20.9 Å². The van der Waals surface area contributed by atoms with Crippen LogP contribution in [0, 0.1) is 5.82 Å². The van der Waals surface area contributed by atoms with Gasteiger partial charge in [-0.2, -0.15) is 0 Å². The minimum absolute atomic E-state index is 0.119. The van der Waals surface area contributed by atoms with Gasteiger partial charge in [0.15, 0.2) is 0 Å².